The molecule has 0 radical (unpaired) electrons. The molecular formula is C25H32N2O7S. The summed E-state index contributed by atoms with van der Waals surface area (Å²) in [6.45, 7) is 8.91. The zero-order valence-corrected chi connectivity index (χ0v) is 21.8. The number of carbonyl (C=O) groups excluding carboxylic acids is 3. The molecule has 1 unspecified atom stereocenters. The molecule has 0 bridgehead atoms. The molecule has 1 aliphatic heterocycles. The lowest BCUT2D eigenvalue weighted by atomic mass is 10.0. The summed E-state index contributed by atoms with van der Waals surface area (Å²) in [5, 5.41) is -0.628. The molecule has 1 aromatic carbocycles. The van der Waals surface area contributed by atoms with Crippen LogP contribution in [0.25, 0.3) is 0 Å². The van der Waals surface area contributed by atoms with Gasteiger partial charge in [-0.3, -0.25) is 14.6 Å². The van der Waals surface area contributed by atoms with Crippen LogP contribution in [0.1, 0.15) is 43.9 Å². The molecule has 35 heavy (non-hydrogen) atoms. The first-order valence-electron chi connectivity index (χ1n) is 11.4. The number of imide groups is 1. The van der Waals surface area contributed by atoms with Crippen LogP contribution in [0.2, 0.25) is 0 Å². The van der Waals surface area contributed by atoms with Crippen molar-refractivity contribution in [3.05, 3.63) is 52.7 Å². The number of carbonyl (C=O) groups is 3. The zero-order valence-electron chi connectivity index (χ0n) is 21.0. The Kier molecular flexibility index (Phi) is 7.45. The Balaban J connectivity index is 1.74. The first-order valence-corrected chi connectivity index (χ1v) is 13.4. The molecule has 0 aromatic heterocycles. The number of aryl methyl sites for hydroxylation is 2. The maximum absolute atomic E-state index is 13.0. The molecule has 9 nitrogen and oxygen atoms in total. The minimum Gasteiger partial charge on any atom is -0.476 e. The summed E-state index contributed by atoms with van der Waals surface area (Å²) in [5.74, 6) is -0.260. The number of urea groups is 1. The van der Waals surface area contributed by atoms with Gasteiger partial charge in [0.15, 0.2) is 15.4 Å². The van der Waals surface area contributed by atoms with Gasteiger partial charge in [0, 0.05) is 12.0 Å². The molecule has 1 fully saturated rings. The Morgan fingerprint density at radius 2 is 1.80 bits per heavy atom. The van der Waals surface area contributed by atoms with Crippen LogP contribution in [-0.2, 0) is 30.7 Å². The molecule has 1 aromatic rings. The minimum atomic E-state index is -3.23. The summed E-state index contributed by atoms with van der Waals surface area (Å²) < 4.78 is 34.6. The Morgan fingerprint density at radius 3 is 2.31 bits per heavy atom. The number of esters is 1. The van der Waals surface area contributed by atoms with E-state index in [9.17, 15) is 22.8 Å². The van der Waals surface area contributed by atoms with Crippen LogP contribution in [-0.4, -0.2) is 66.4 Å². The van der Waals surface area contributed by atoms with Gasteiger partial charge in [0.05, 0.1) is 18.4 Å². The van der Waals surface area contributed by atoms with Gasteiger partial charge in [0.1, 0.15) is 12.3 Å². The molecule has 2 aliphatic rings. The standard InChI is InChI=1S/C25H32N2O7S/c1-7-33-23(29)25(4,5)34-22-16(2)12-18(13-17(22)3)14-27-21(28)15-26(24(27)30)19-8-10-20(11-9-19)35(6,31)32/h8-10,12-13,20H,7,11,14-15H2,1-6H3. The minimum absolute atomic E-state index is 0.0837. The van der Waals surface area contributed by atoms with E-state index in [1.807, 2.05) is 26.0 Å². The number of rotatable bonds is 8. The highest BCUT2D eigenvalue weighted by Crippen LogP contribution is 2.31. The summed E-state index contributed by atoms with van der Waals surface area (Å²) in [4.78, 5) is 40.4. The fraction of sp³-hybridized carbons (Fsp3) is 0.480. The number of sulfone groups is 1. The van der Waals surface area contributed by atoms with Crippen LogP contribution < -0.4 is 4.74 Å². The van der Waals surface area contributed by atoms with Crippen LogP contribution in [0.15, 0.2) is 36.1 Å². The van der Waals surface area contributed by atoms with Crippen molar-refractivity contribution in [1.82, 2.24) is 9.80 Å². The number of allylic oxidation sites excluding steroid dienone is 2. The number of amides is 3. The van der Waals surface area contributed by atoms with Gasteiger partial charge in [-0.2, -0.15) is 0 Å². The van der Waals surface area contributed by atoms with E-state index in [0.717, 1.165) is 16.7 Å². The van der Waals surface area contributed by atoms with E-state index in [2.05, 4.69) is 0 Å². The summed E-state index contributed by atoms with van der Waals surface area (Å²) in [6, 6.07) is 3.19. The molecule has 1 heterocycles. The predicted molar refractivity (Wildman–Crippen MR) is 130 cm³/mol. The second-order valence-corrected chi connectivity index (χ2v) is 11.6. The second-order valence-electron chi connectivity index (χ2n) is 9.33. The first-order chi connectivity index (χ1) is 16.2. The quantitative estimate of drug-likeness (QED) is 0.395. The van der Waals surface area contributed by atoms with Gasteiger partial charge in [-0.15, -0.1) is 0 Å². The Labute approximate surface area is 206 Å². The van der Waals surface area contributed by atoms with Crippen molar-refractivity contribution in [3.63, 3.8) is 0 Å². The van der Waals surface area contributed by atoms with Gasteiger partial charge in [0.25, 0.3) is 5.91 Å². The molecule has 10 heteroatoms. The monoisotopic (exact) mass is 504 g/mol. The lowest BCUT2D eigenvalue weighted by Crippen LogP contribution is -2.40. The number of benzene rings is 1. The largest absolute Gasteiger partial charge is 0.476 e. The van der Waals surface area contributed by atoms with E-state index in [1.165, 1.54) is 16.1 Å². The van der Waals surface area contributed by atoms with E-state index in [-0.39, 0.29) is 32.0 Å². The summed E-state index contributed by atoms with van der Waals surface area (Å²) >= 11 is 0. The van der Waals surface area contributed by atoms with E-state index in [4.69, 9.17) is 9.47 Å². The maximum Gasteiger partial charge on any atom is 0.349 e. The van der Waals surface area contributed by atoms with Crippen LogP contribution in [0, 0.1) is 13.8 Å². The van der Waals surface area contributed by atoms with E-state index >= 15 is 0 Å². The Hall–Kier alpha value is -3.14. The average molecular weight is 505 g/mol. The van der Waals surface area contributed by atoms with Gasteiger partial charge < -0.3 is 9.47 Å². The SMILES string of the molecule is CCOC(=O)C(C)(C)Oc1c(C)cc(CN2C(=O)CN(C3=CCC(S(C)(=O)=O)C=C3)C2=O)cc1C. The molecular weight excluding hydrogens is 472 g/mol. The van der Waals surface area contributed by atoms with Gasteiger partial charge in [-0.25, -0.2) is 18.0 Å². The fourth-order valence-electron chi connectivity index (χ4n) is 4.08. The van der Waals surface area contributed by atoms with Crippen LogP contribution in [0.4, 0.5) is 4.79 Å². The van der Waals surface area contributed by atoms with Crippen molar-refractivity contribution in [1.29, 1.82) is 0 Å². The average Bonchev–Trinajstić information content (AvgIpc) is 3.04. The predicted octanol–water partition coefficient (Wildman–Crippen LogP) is 3.05. The third-order valence-corrected chi connectivity index (χ3v) is 7.39. The van der Waals surface area contributed by atoms with Crippen LogP contribution in [0.5, 0.6) is 5.75 Å². The third kappa shape index (κ3) is 5.75. The highest BCUT2D eigenvalue weighted by molar-refractivity contribution is 7.91. The lowest BCUT2D eigenvalue weighted by molar-refractivity contribution is -0.158. The van der Waals surface area contributed by atoms with E-state index in [0.29, 0.717) is 11.4 Å². The topological polar surface area (TPSA) is 110 Å². The summed E-state index contributed by atoms with van der Waals surface area (Å²) in [6.07, 6.45) is 6.23. The van der Waals surface area contributed by atoms with Crippen molar-refractivity contribution in [2.24, 2.45) is 0 Å². The summed E-state index contributed by atoms with van der Waals surface area (Å²) in [7, 11) is -3.23. The zero-order chi connectivity index (χ0) is 26.1. The number of hydrogen-bond acceptors (Lipinski definition) is 7. The van der Waals surface area contributed by atoms with Crippen LogP contribution in [0.3, 0.4) is 0 Å². The molecule has 3 rings (SSSR count). The van der Waals surface area contributed by atoms with E-state index in [1.54, 1.807) is 39.0 Å². The molecule has 190 valence electrons. The second kappa shape index (κ2) is 9.85. The third-order valence-electron chi connectivity index (χ3n) is 5.94. The van der Waals surface area contributed by atoms with Gasteiger partial charge >= 0.3 is 12.0 Å². The van der Waals surface area contributed by atoms with Crippen molar-refractivity contribution in [3.8, 4) is 5.75 Å². The van der Waals surface area contributed by atoms with Crippen molar-refractivity contribution < 1.29 is 32.3 Å². The van der Waals surface area contributed by atoms with Gasteiger partial charge in [0.2, 0.25) is 0 Å². The molecule has 0 spiro atoms. The van der Waals surface area contributed by atoms with Crippen molar-refractivity contribution >= 4 is 27.7 Å². The molecule has 0 saturated carbocycles. The highest BCUT2D eigenvalue weighted by Gasteiger charge is 2.38. The van der Waals surface area contributed by atoms with Gasteiger partial charge in [-0.05, 0) is 63.8 Å². The Bertz CT molecular complexity index is 1190. The number of nitrogens with zero attached hydrogens (tertiary/aromatic N) is 2. The molecule has 0 N–H and O–H groups in total. The lowest BCUT2D eigenvalue weighted by Gasteiger charge is -2.27. The summed E-state index contributed by atoms with van der Waals surface area (Å²) in [5.41, 5.74) is 1.61. The fourth-order valence-corrected chi connectivity index (χ4v) is 4.89. The van der Waals surface area contributed by atoms with Crippen molar-refractivity contribution in [2.75, 3.05) is 19.4 Å². The molecule has 1 atom stereocenters. The highest BCUT2D eigenvalue weighted by atomic mass is 32.2. The molecule has 3 amide bonds. The maximum atomic E-state index is 13.0. The molecule has 1 aliphatic carbocycles. The smallest absolute Gasteiger partial charge is 0.349 e. The molecule has 1 saturated heterocycles. The number of ether oxygens (including phenoxy) is 2. The normalized spacial score (nSPS) is 18.7. The van der Waals surface area contributed by atoms with E-state index < -0.39 is 32.7 Å². The van der Waals surface area contributed by atoms with Gasteiger partial charge in [-0.1, -0.05) is 24.3 Å². The Morgan fingerprint density at radius 1 is 1.17 bits per heavy atom. The van der Waals surface area contributed by atoms with Crippen molar-refractivity contribution in [2.45, 2.75) is 58.4 Å². The first kappa shape index (κ1) is 26.5. The van der Waals surface area contributed by atoms with Crippen LogP contribution >= 0.6 is 0 Å². The number of hydrogen-bond donors (Lipinski definition) is 0.